The van der Waals surface area contributed by atoms with Crippen molar-refractivity contribution in [2.45, 2.75) is 11.6 Å². The van der Waals surface area contributed by atoms with Crippen LogP contribution in [0.5, 0.6) is 11.5 Å². The first-order valence-electron chi connectivity index (χ1n) is 8.28. The molecule has 0 radical (unpaired) electrons. The Balaban J connectivity index is 2.10. The van der Waals surface area contributed by atoms with Crippen LogP contribution < -0.4 is 10.3 Å². The number of rotatable bonds is 6. The second kappa shape index (κ2) is 8.14. The summed E-state index contributed by atoms with van der Waals surface area (Å²) in [5.41, 5.74) is 1.12. The molecule has 0 bridgehead atoms. The first-order valence-corrected chi connectivity index (χ1v) is 9.51. The second-order valence-electron chi connectivity index (χ2n) is 5.88. The molecule has 1 N–H and O–H groups in total. The molecule has 27 heavy (non-hydrogen) atoms. The zero-order valence-electron chi connectivity index (χ0n) is 15.0. The maximum absolute atomic E-state index is 13.0. The van der Waals surface area contributed by atoms with E-state index in [1.807, 2.05) is 30.3 Å². The number of hydrogen-bond acceptors (Lipinski definition) is 5. The number of hydrogen-bond donors (Lipinski definition) is 1. The van der Waals surface area contributed by atoms with Crippen LogP contribution in [0.3, 0.4) is 0 Å². The summed E-state index contributed by atoms with van der Waals surface area (Å²) in [6.07, 6.45) is 1.78. The van der Waals surface area contributed by atoms with Crippen molar-refractivity contribution in [3.63, 3.8) is 0 Å². The third kappa shape index (κ3) is 3.90. The Kier molecular flexibility index (Phi) is 5.66. The fraction of sp³-hybridized carbons (Fsp3) is 0.143. The highest BCUT2D eigenvalue weighted by Gasteiger charge is 2.22. The quantitative estimate of drug-likeness (QED) is 0.522. The summed E-state index contributed by atoms with van der Waals surface area (Å²) < 4.78 is 6.62. The predicted molar refractivity (Wildman–Crippen MR) is 106 cm³/mol. The van der Waals surface area contributed by atoms with Gasteiger partial charge in [0.2, 0.25) is 0 Å². The zero-order chi connectivity index (χ0) is 19.4. The van der Waals surface area contributed by atoms with Crippen LogP contribution in [-0.2, 0) is 6.54 Å². The zero-order valence-corrected chi connectivity index (χ0v) is 15.8. The summed E-state index contributed by atoms with van der Waals surface area (Å²) >= 11 is 1.26. The number of benzene rings is 2. The number of nitrogens with zero attached hydrogens (tertiary/aromatic N) is 1. The third-order valence-corrected chi connectivity index (χ3v) is 5.01. The third-order valence-electron chi connectivity index (χ3n) is 4.20. The number of ketones is 1. The van der Waals surface area contributed by atoms with Crippen molar-refractivity contribution in [3.8, 4) is 11.5 Å². The minimum absolute atomic E-state index is 0.128. The molecule has 138 valence electrons. The lowest BCUT2D eigenvalue weighted by Crippen LogP contribution is -2.24. The highest BCUT2D eigenvalue weighted by Crippen LogP contribution is 2.30. The summed E-state index contributed by atoms with van der Waals surface area (Å²) in [5.74, 6) is -0.0225. The van der Waals surface area contributed by atoms with Crippen molar-refractivity contribution >= 4 is 17.5 Å². The molecule has 0 amide bonds. The number of methoxy groups -OCH3 is 1. The van der Waals surface area contributed by atoms with Gasteiger partial charge in [-0.15, -0.1) is 11.8 Å². The van der Waals surface area contributed by atoms with Gasteiger partial charge in [-0.05, 0) is 36.1 Å². The van der Waals surface area contributed by atoms with E-state index in [0.717, 1.165) is 11.6 Å². The Morgan fingerprint density at radius 2 is 1.78 bits per heavy atom. The highest BCUT2D eigenvalue weighted by atomic mass is 32.2. The Labute approximate surface area is 161 Å². The molecule has 0 saturated carbocycles. The van der Waals surface area contributed by atoms with E-state index in [9.17, 15) is 14.7 Å². The molecular weight excluding hydrogens is 362 g/mol. The van der Waals surface area contributed by atoms with Crippen molar-refractivity contribution in [2.75, 3.05) is 13.4 Å². The number of carbonyl (C=O) groups is 1. The molecule has 0 spiro atoms. The molecular formula is C21H19NO4S. The maximum Gasteiger partial charge on any atom is 0.255 e. The topological polar surface area (TPSA) is 68.5 Å². The van der Waals surface area contributed by atoms with Gasteiger partial charge in [-0.3, -0.25) is 14.2 Å². The molecule has 2 aromatic carbocycles. The monoisotopic (exact) mass is 381 g/mol. The molecule has 0 aliphatic heterocycles. The van der Waals surface area contributed by atoms with Crippen molar-refractivity contribution in [1.82, 2.24) is 4.57 Å². The molecule has 3 aromatic rings. The smallest absolute Gasteiger partial charge is 0.255 e. The predicted octanol–water partition coefficient (Wildman–Crippen LogP) is 3.56. The van der Waals surface area contributed by atoms with Crippen LogP contribution in [0.25, 0.3) is 0 Å². The minimum atomic E-state index is -0.355. The second-order valence-corrected chi connectivity index (χ2v) is 6.68. The summed E-state index contributed by atoms with van der Waals surface area (Å²) in [4.78, 5) is 25.5. The fourth-order valence-electron chi connectivity index (χ4n) is 2.84. The lowest BCUT2D eigenvalue weighted by Gasteiger charge is -2.16. The van der Waals surface area contributed by atoms with Crippen LogP contribution in [0.2, 0.25) is 0 Å². The van der Waals surface area contributed by atoms with E-state index in [1.54, 1.807) is 37.6 Å². The average Bonchev–Trinajstić information content (AvgIpc) is 2.70. The van der Waals surface area contributed by atoms with Crippen molar-refractivity contribution in [1.29, 1.82) is 0 Å². The number of pyridine rings is 1. The van der Waals surface area contributed by atoms with Gasteiger partial charge < -0.3 is 9.84 Å². The molecule has 6 heteroatoms. The standard InChI is InChI=1S/C21H19NO4S/c1-26-16-10-8-15(9-11-16)20(25)19-17(23)12-18(24)22(21(19)27-2)13-14-6-4-3-5-7-14/h3-12,23H,13H2,1-2H3. The van der Waals surface area contributed by atoms with Crippen molar-refractivity contribution in [2.24, 2.45) is 0 Å². The first kappa shape index (κ1) is 18.8. The Morgan fingerprint density at radius 1 is 1.11 bits per heavy atom. The summed E-state index contributed by atoms with van der Waals surface area (Å²) in [6, 6.07) is 17.2. The summed E-state index contributed by atoms with van der Waals surface area (Å²) in [7, 11) is 1.55. The number of thioether (sulfide) groups is 1. The molecule has 1 heterocycles. The molecule has 0 aliphatic carbocycles. The Hall–Kier alpha value is -2.99. The molecule has 0 saturated heterocycles. The van der Waals surface area contributed by atoms with E-state index in [1.165, 1.54) is 16.3 Å². The number of ether oxygens (including phenoxy) is 1. The molecule has 0 aliphatic rings. The van der Waals surface area contributed by atoms with Crippen molar-refractivity contribution < 1.29 is 14.6 Å². The van der Waals surface area contributed by atoms with Crippen LogP contribution in [0.4, 0.5) is 0 Å². The molecule has 0 atom stereocenters. The molecule has 0 unspecified atom stereocenters. The minimum Gasteiger partial charge on any atom is -0.507 e. The Bertz CT molecular complexity index is 1010. The van der Waals surface area contributed by atoms with E-state index >= 15 is 0 Å². The van der Waals surface area contributed by atoms with Gasteiger partial charge in [-0.25, -0.2) is 0 Å². The van der Waals surface area contributed by atoms with Crippen LogP contribution >= 0.6 is 11.8 Å². The van der Waals surface area contributed by atoms with Gasteiger partial charge in [0, 0.05) is 11.6 Å². The van der Waals surface area contributed by atoms with Gasteiger partial charge in [0.05, 0.1) is 24.2 Å². The van der Waals surface area contributed by atoms with Crippen LogP contribution in [0.1, 0.15) is 21.5 Å². The number of carbonyl (C=O) groups excluding carboxylic acids is 1. The first-order chi connectivity index (χ1) is 13.0. The molecule has 0 fully saturated rings. The number of aromatic nitrogens is 1. The summed E-state index contributed by atoms with van der Waals surface area (Å²) in [5, 5.41) is 10.8. The van der Waals surface area contributed by atoms with Gasteiger partial charge >= 0.3 is 0 Å². The van der Waals surface area contributed by atoms with Crippen LogP contribution in [0.15, 0.2) is 70.5 Å². The SMILES string of the molecule is COc1ccc(C(=O)c2c(O)cc(=O)n(Cc3ccccc3)c2SC)cc1. The van der Waals surface area contributed by atoms with E-state index in [-0.39, 0.29) is 22.7 Å². The lowest BCUT2D eigenvalue weighted by molar-refractivity contribution is 0.103. The van der Waals surface area contributed by atoms with Crippen molar-refractivity contribution in [3.05, 3.63) is 87.7 Å². The van der Waals surface area contributed by atoms with Gasteiger partial charge in [0.25, 0.3) is 5.56 Å². The average molecular weight is 381 g/mol. The maximum atomic E-state index is 13.0. The highest BCUT2D eigenvalue weighted by molar-refractivity contribution is 7.98. The number of aromatic hydroxyl groups is 1. The summed E-state index contributed by atoms with van der Waals surface area (Å²) in [6.45, 7) is 0.318. The molecule has 1 aromatic heterocycles. The normalized spacial score (nSPS) is 10.6. The van der Waals surface area contributed by atoms with E-state index in [4.69, 9.17) is 4.74 Å². The lowest BCUT2D eigenvalue weighted by atomic mass is 10.0. The van der Waals surface area contributed by atoms with E-state index < -0.39 is 0 Å². The fourth-order valence-corrected chi connectivity index (χ4v) is 3.62. The van der Waals surface area contributed by atoms with E-state index in [0.29, 0.717) is 22.9 Å². The van der Waals surface area contributed by atoms with Gasteiger partial charge in [0.1, 0.15) is 11.5 Å². The van der Waals surface area contributed by atoms with Crippen LogP contribution in [0, 0.1) is 0 Å². The van der Waals surface area contributed by atoms with Gasteiger partial charge in [0.15, 0.2) is 5.78 Å². The van der Waals surface area contributed by atoms with Gasteiger partial charge in [-0.1, -0.05) is 30.3 Å². The Morgan fingerprint density at radius 3 is 2.37 bits per heavy atom. The largest absolute Gasteiger partial charge is 0.507 e. The molecule has 5 nitrogen and oxygen atoms in total. The van der Waals surface area contributed by atoms with Crippen LogP contribution in [-0.4, -0.2) is 28.8 Å². The molecule has 3 rings (SSSR count). The van der Waals surface area contributed by atoms with Gasteiger partial charge in [-0.2, -0.15) is 0 Å². The van der Waals surface area contributed by atoms with E-state index in [2.05, 4.69) is 0 Å².